The molecule has 2 aromatic rings. The Morgan fingerprint density at radius 1 is 1.11 bits per heavy atom. The lowest BCUT2D eigenvalue weighted by atomic mass is 10.0. The molecule has 1 N–H and O–H groups in total. The van der Waals surface area contributed by atoms with Crippen LogP contribution in [0.5, 0.6) is 0 Å². The number of halogens is 1. The zero-order valence-electron chi connectivity index (χ0n) is 16.5. The molecule has 0 amide bonds. The Bertz CT molecular complexity index is 878. The second kappa shape index (κ2) is 10.2. The van der Waals surface area contributed by atoms with Crippen LogP contribution >= 0.6 is 11.6 Å². The van der Waals surface area contributed by atoms with Gasteiger partial charge >= 0.3 is 0 Å². The predicted molar refractivity (Wildman–Crippen MR) is 116 cm³/mol. The van der Waals surface area contributed by atoms with E-state index < -0.39 is 16.1 Å². The van der Waals surface area contributed by atoms with Crippen molar-refractivity contribution in [2.24, 2.45) is 5.92 Å². The van der Waals surface area contributed by atoms with E-state index in [4.69, 9.17) is 11.6 Å². The number of hydrogen-bond donors (Lipinski definition) is 1. The fourth-order valence-corrected chi connectivity index (χ4v) is 4.90. The molecule has 1 atom stereocenters. The van der Waals surface area contributed by atoms with E-state index in [1.807, 2.05) is 57.2 Å². The van der Waals surface area contributed by atoms with Crippen molar-refractivity contribution in [2.45, 2.75) is 38.1 Å². The highest BCUT2D eigenvalue weighted by molar-refractivity contribution is 7.89. The molecule has 28 heavy (non-hydrogen) atoms. The van der Waals surface area contributed by atoms with E-state index in [0.29, 0.717) is 11.4 Å². The summed E-state index contributed by atoms with van der Waals surface area (Å²) in [4.78, 5) is 0.173. The lowest BCUT2D eigenvalue weighted by Gasteiger charge is -2.31. The summed E-state index contributed by atoms with van der Waals surface area (Å²) in [6.07, 6.45) is 2.54. The smallest absolute Gasteiger partial charge is 0.243 e. The average Bonchev–Trinajstić information content (AvgIpc) is 2.65. The van der Waals surface area contributed by atoms with Gasteiger partial charge < -0.3 is 5.11 Å². The van der Waals surface area contributed by atoms with Gasteiger partial charge in [0.25, 0.3) is 0 Å². The molecule has 0 saturated heterocycles. The van der Waals surface area contributed by atoms with Gasteiger partial charge in [-0.1, -0.05) is 67.4 Å². The summed E-state index contributed by atoms with van der Waals surface area (Å²) in [5.41, 5.74) is 1.90. The number of nitrogens with zero attached hydrogens (tertiary/aromatic N) is 1. The van der Waals surface area contributed by atoms with Crippen molar-refractivity contribution in [1.29, 1.82) is 0 Å². The van der Waals surface area contributed by atoms with Crippen LogP contribution < -0.4 is 0 Å². The summed E-state index contributed by atoms with van der Waals surface area (Å²) in [6.45, 7) is 5.91. The van der Waals surface area contributed by atoms with Crippen molar-refractivity contribution < 1.29 is 13.5 Å². The molecule has 0 aromatic heterocycles. The highest BCUT2D eigenvalue weighted by Crippen LogP contribution is 2.25. The monoisotopic (exact) mass is 421 g/mol. The van der Waals surface area contributed by atoms with Crippen LogP contribution in [0.15, 0.2) is 65.1 Å². The van der Waals surface area contributed by atoms with Crippen LogP contribution in [0.1, 0.15) is 32.8 Å². The molecule has 0 aliphatic heterocycles. The van der Waals surface area contributed by atoms with Gasteiger partial charge in [-0.05, 0) is 49.1 Å². The Hall–Kier alpha value is -1.66. The number of hydrogen-bond acceptors (Lipinski definition) is 3. The first-order valence-corrected chi connectivity index (χ1v) is 11.2. The molecule has 0 aliphatic carbocycles. The number of aliphatic hydroxyl groups excluding tert-OH is 1. The van der Waals surface area contributed by atoms with Gasteiger partial charge in [0.1, 0.15) is 0 Å². The van der Waals surface area contributed by atoms with Crippen LogP contribution in [0.2, 0.25) is 5.02 Å². The molecule has 0 aliphatic rings. The zero-order valence-corrected chi connectivity index (χ0v) is 18.1. The van der Waals surface area contributed by atoms with Crippen molar-refractivity contribution in [3.05, 3.63) is 70.8 Å². The molecule has 0 saturated carbocycles. The third-order valence-electron chi connectivity index (χ3n) is 4.40. The summed E-state index contributed by atoms with van der Waals surface area (Å²) in [5, 5.41) is 10.4. The molecule has 4 nitrogen and oxygen atoms in total. The lowest BCUT2D eigenvalue weighted by molar-refractivity contribution is 0.173. The van der Waals surface area contributed by atoms with Gasteiger partial charge in [-0.3, -0.25) is 0 Å². The Labute approximate surface area is 173 Å². The van der Waals surface area contributed by atoms with Crippen LogP contribution in [0.25, 0.3) is 6.08 Å². The Balaban J connectivity index is 2.41. The first kappa shape index (κ1) is 22.6. The topological polar surface area (TPSA) is 57.6 Å². The Morgan fingerprint density at radius 3 is 2.25 bits per heavy atom. The molecule has 0 fully saturated rings. The Kier molecular flexibility index (Phi) is 8.25. The van der Waals surface area contributed by atoms with Gasteiger partial charge in [0.05, 0.1) is 11.5 Å². The summed E-state index contributed by atoms with van der Waals surface area (Å²) < 4.78 is 28.1. The highest BCUT2D eigenvalue weighted by atomic mass is 35.5. The third-order valence-corrected chi connectivity index (χ3v) is 6.56. The van der Waals surface area contributed by atoms with E-state index in [9.17, 15) is 13.5 Å². The first-order chi connectivity index (χ1) is 13.2. The van der Waals surface area contributed by atoms with E-state index in [1.165, 1.54) is 16.4 Å². The van der Waals surface area contributed by atoms with E-state index in [1.54, 1.807) is 12.1 Å². The summed E-state index contributed by atoms with van der Waals surface area (Å²) in [5.74, 6) is 0.249. The molecule has 2 aromatic carbocycles. The maximum Gasteiger partial charge on any atom is 0.243 e. The lowest BCUT2D eigenvalue weighted by Crippen LogP contribution is -2.44. The fourth-order valence-electron chi connectivity index (χ4n) is 3.10. The quantitative estimate of drug-likeness (QED) is 0.630. The minimum Gasteiger partial charge on any atom is -0.395 e. The number of sulfonamides is 1. The first-order valence-electron chi connectivity index (χ1n) is 9.34. The van der Waals surface area contributed by atoms with Gasteiger partial charge in [0.2, 0.25) is 10.0 Å². The van der Waals surface area contributed by atoms with Gasteiger partial charge in [-0.25, -0.2) is 8.42 Å². The maximum atomic E-state index is 13.4. The number of benzene rings is 2. The van der Waals surface area contributed by atoms with Crippen molar-refractivity contribution in [1.82, 2.24) is 4.31 Å². The van der Waals surface area contributed by atoms with Crippen molar-refractivity contribution in [3.8, 4) is 0 Å². The molecule has 0 unspecified atom stereocenters. The molecule has 152 valence electrons. The Morgan fingerprint density at radius 2 is 1.71 bits per heavy atom. The van der Waals surface area contributed by atoms with Crippen molar-refractivity contribution in [3.63, 3.8) is 0 Å². The molecule has 0 heterocycles. The van der Waals surface area contributed by atoms with E-state index in [-0.39, 0.29) is 24.0 Å². The largest absolute Gasteiger partial charge is 0.395 e. The minimum absolute atomic E-state index is 0.173. The fraction of sp³-hybridized carbons (Fsp3) is 0.364. The van der Waals surface area contributed by atoms with Crippen LogP contribution in [-0.2, 0) is 10.0 Å². The number of aliphatic hydroxyl groups is 1. The van der Waals surface area contributed by atoms with Crippen LogP contribution in [0, 0.1) is 5.92 Å². The standard InChI is InChI=1S/C22H28ClNO3S/c1-17(2)13-21(16-25)24(15-18(3)14-19-7-5-4-6-8-19)28(26,27)22-11-9-20(23)10-12-22/h4-12,14,17,21,25H,13,15-16H2,1-3H3/b18-14+/t21-/m1/s1. The highest BCUT2D eigenvalue weighted by Gasteiger charge is 2.31. The van der Waals surface area contributed by atoms with E-state index in [2.05, 4.69) is 0 Å². The van der Waals surface area contributed by atoms with Gasteiger partial charge in [0.15, 0.2) is 0 Å². The van der Waals surface area contributed by atoms with Crippen molar-refractivity contribution >= 4 is 27.7 Å². The van der Waals surface area contributed by atoms with Crippen LogP contribution in [0.4, 0.5) is 0 Å². The molecule has 2 rings (SSSR count). The second-order valence-corrected chi connectivity index (χ2v) is 9.70. The zero-order chi connectivity index (χ0) is 20.7. The van der Waals surface area contributed by atoms with Crippen LogP contribution in [0.3, 0.4) is 0 Å². The molecule has 6 heteroatoms. The molecule has 0 bridgehead atoms. The maximum absolute atomic E-state index is 13.4. The summed E-state index contributed by atoms with van der Waals surface area (Å²) in [6, 6.07) is 15.4. The average molecular weight is 422 g/mol. The summed E-state index contributed by atoms with van der Waals surface area (Å²) in [7, 11) is -3.79. The molecular weight excluding hydrogens is 394 g/mol. The third kappa shape index (κ3) is 6.17. The molecular formula is C22H28ClNO3S. The van der Waals surface area contributed by atoms with E-state index >= 15 is 0 Å². The molecule has 0 radical (unpaired) electrons. The summed E-state index contributed by atoms with van der Waals surface area (Å²) >= 11 is 5.92. The predicted octanol–water partition coefficient (Wildman–Crippen LogP) is 4.84. The van der Waals surface area contributed by atoms with Gasteiger partial charge in [-0.2, -0.15) is 4.31 Å². The van der Waals surface area contributed by atoms with E-state index in [0.717, 1.165) is 11.1 Å². The second-order valence-electron chi connectivity index (χ2n) is 7.37. The minimum atomic E-state index is -3.79. The van der Waals surface area contributed by atoms with Gasteiger partial charge in [-0.15, -0.1) is 0 Å². The SMILES string of the molecule is C/C(=C\c1ccccc1)CN([C@@H](CO)CC(C)C)S(=O)(=O)c1ccc(Cl)cc1. The van der Waals surface area contributed by atoms with Gasteiger partial charge in [0, 0.05) is 17.6 Å². The van der Waals surface area contributed by atoms with Crippen LogP contribution in [-0.4, -0.2) is 37.0 Å². The van der Waals surface area contributed by atoms with Crippen molar-refractivity contribution in [2.75, 3.05) is 13.2 Å². The molecule has 0 spiro atoms. The number of rotatable bonds is 9. The normalized spacial score (nSPS) is 13.9.